The fourth-order valence-corrected chi connectivity index (χ4v) is 3.68. The van der Waals surface area contributed by atoms with Crippen LogP contribution >= 0.6 is 11.6 Å². The zero-order valence-electron chi connectivity index (χ0n) is 14.4. The number of aliphatic hydroxyl groups is 1. The first-order valence-electron chi connectivity index (χ1n) is 8.62. The maximum atomic E-state index is 12.1. The molecule has 138 valence electrons. The second-order valence-corrected chi connectivity index (χ2v) is 7.31. The number of ether oxygens (including phenoxy) is 2. The van der Waals surface area contributed by atoms with Crippen molar-refractivity contribution in [2.45, 2.75) is 44.2 Å². The first-order valence-corrected chi connectivity index (χ1v) is 9.00. The van der Waals surface area contributed by atoms with Crippen molar-refractivity contribution in [3.05, 3.63) is 29.3 Å². The molecule has 2 aliphatic carbocycles. The van der Waals surface area contributed by atoms with E-state index >= 15 is 0 Å². The molecule has 2 aliphatic rings. The number of benzene rings is 1. The molecule has 0 bridgehead atoms. The van der Waals surface area contributed by atoms with Crippen molar-refractivity contribution in [1.29, 1.82) is 0 Å². The zero-order chi connectivity index (χ0) is 18.0. The van der Waals surface area contributed by atoms with Gasteiger partial charge in [0, 0.05) is 24.2 Å². The van der Waals surface area contributed by atoms with Gasteiger partial charge in [-0.1, -0.05) is 11.6 Å². The molecule has 6 atom stereocenters. The fraction of sp³-hybridized carbons (Fsp3) is 0.611. The Hall–Kier alpha value is -1.34. The number of carbonyl (C=O) groups excluding carboxylic acids is 1. The molecule has 3 rings (SSSR count). The van der Waals surface area contributed by atoms with Gasteiger partial charge < -0.3 is 19.9 Å². The van der Waals surface area contributed by atoms with Crippen molar-refractivity contribution >= 4 is 17.5 Å². The molecule has 0 radical (unpaired) electrons. The van der Waals surface area contributed by atoms with Gasteiger partial charge in [-0.25, -0.2) is 0 Å². The minimum absolute atomic E-state index is 0.0169. The molecule has 6 nitrogen and oxygen atoms in total. The van der Waals surface area contributed by atoms with Crippen LogP contribution in [0.5, 0.6) is 5.75 Å². The largest absolute Gasteiger partial charge is 0.484 e. The molecule has 2 saturated carbocycles. The average molecular weight is 369 g/mol. The molecule has 0 saturated heterocycles. The molecule has 1 amide bonds. The topological polar surface area (TPSA) is 79.8 Å². The maximum Gasteiger partial charge on any atom is 0.258 e. The highest BCUT2D eigenvalue weighted by Crippen LogP contribution is 2.52. The van der Waals surface area contributed by atoms with Crippen LogP contribution in [0.2, 0.25) is 5.02 Å². The number of nitrogens with one attached hydrogen (secondary N) is 2. The number of rotatable bonds is 8. The quantitative estimate of drug-likeness (QED) is 0.607. The van der Waals surface area contributed by atoms with Gasteiger partial charge in [-0.2, -0.15) is 0 Å². The van der Waals surface area contributed by atoms with Crippen LogP contribution < -0.4 is 15.4 Å². The van der Waals surface area contributed by atoms with Gasteiger partial charge in [0.05, 0.1) is 6.10 Å². The highest BCUT2D eigenvalue weighted by atomic mass is 35.5. The van der Waals surface area contributed by atoms with E-state index in [4.69, 9.17) is 21.1 Å². The predicted molar refractivity (Wildman–Crippen MR) is 94.5 cm³/mol. The van der Waals surface area contributed by atoms with Crippen LogP contribution in [0.15, 0.2) is 24.3 Å². The van der Waals surface area contributed by atoms with E-state index < -0.39 is 6.23 Å². The molecule has 25 heavy (non-hydrogen) atoms. The minimum atomic E-state index is -0.695. The lowest BCUT2D eigenvalue weighted by Crippen LogP contribution is -2.47. The number of aliphatic hydroxyl groups excluding tert-OH is 1. The van der Waals surface area contributed by atoms with Gasteiger partial charge in [0.15, 0.2) is 6.61 Å². The highest BCUT2D eigenvalue weighted by Gasteiger charge is 2.55. The van der Waals surface area contributed by atoms with E-state index in [9.17, 15) is 9.90 Å². The molecule has 7 heteroatoms. The third-order valence-electron chi connectivity index (χ3n) is 5.16. The van der Waals surface area contributed by atoms with E-state index in [1.165, 1.54) is 0 Å². The first kappa shape index (κ1) is 18.5. The summed E-state index contributed by atoms with van der Waals surface area (Å²) in [5.41, 5.74) is 0. The first-order chi connectivity index (χ1) is 12.0. The van der Waals surface area contributed by atoms with Crippen molar-refractivity contribution in [2.75, 3.05) is 13.7 Å². The van der Waals surface area contributed by atoms with Crippen molar-refractivity contribution < 1.29 is 19.4 Å². The molecular formula is C18H25ClN2O4. The second-order valence-electron chi connectivity index (χ2n) is 6.87. The minimum Gasteiger partial charge on any atom is -0.484 e. The molecule has 1 aromatic carbocycles. The molecule has 3 N–H and O–H groups in total. The van der Waals surface area contributed by atoms with Crippen LogP contribution in [0.3, 0.4) is 0 Å². The monoisotopic (exact) mass is 368 g/mol. The highest BCUT2D eigenvalue weighted by molar-refractivity contribution is 6.30. The predicted octanol–water partition coefficient (Wildman–Crippen LogP) is 1.55. The number of methoxy groups -OCH3 is 1. The lowest BCUT2D eigenvalue weighted by molar-refractivity contribution is -0.123. The normalized spacial score (nSPS) is 29.6. The number of amides is 1. The standard InChI is InChI=1S/C18H25ClN2O4/c1-10(24-2)18(23)21-16-8-15(13-7-14(13)16)20-17(22)9-25-12-5-3-11(19)4-6-12/h3-6,10,13-16,18,21,23H,7-9H2,1-2H3,(H,20,22)/t10?,13?,14?,15-,16+,18?/m0/s1. The second kappa shape index (κ2) is 7.91. The number of fused-ring (bicyclic) bond motifs is 1. The lowest BCUT2D eigenvalue weighted by atomic mass is 10.1. The van der Waals surface area contributed by atoms with Gasteiger partial charge in [-0.05, 0) is 55.9 Å². The van der Waals surface area contributed by atoms with Gasteiger partial charge in [0.25, 0.3) is 5.91 Å². The van der Waals surface area contributed by atoms with Crippen LogP contribution in [0, 0.1) is 11.8 Å². The summed E-state index contributed by atoms with van der Waals surface area (Å²) < 4.78 is 10.6. The van der Waals surface area contributed by atoms with Crippen LogP contribution in [0.4, 0.5) is 0 Å². The molecule has 1 aromatic rings. The number of hydrogen-bond acceptors (Lipinski definition) is 5. The molecular weight excluding hydrogens is 344 g/mol. The lowest BCUT2D eigenvalue weighted by Gasteiger charge is -2.25. The van der Waals surface area contributed by atoms with Crippen molar-refractivity contribution in [3.8, 4) is 5.75 Å². The Labute approximate surface area is 152 Å². The van der Waals surface area contributed by atoms with Crippen LogP contribution in [0.25, 0.3) is 0 Å². The number of halogens is 1. The SMILES string of the molecule is COC(C)C(O)N[C@@H]1C[C@H](NC(=O)COc2ccc(Cl)cc2)C2CC21. The third-order valence-corrected chi connectivity index (χ3v) is 5.42. The third kappa shape index (κ3) is 4.64. The summed E-state index contributed by atoms with van der Waals surface area (Å²) >= 11 is 5.82. The van der Waals surface area contributed by atoms with E-state index in [0.29, 0.717) is 22.6 Å². The van der Waals surface area contributed by atoms with Gasteiger partial charge >= 0.3 is 0 Å². The maximum absolute atomic E-state index is 12.1. The molecule has 0 spiro atoms. The van der Waals surface area contributed by atoms with Crippen molar-refractivity contribution in [2.24, 2.45) is 11.8 Å². The summed E-state index contributed by atoms with van der Waals surface area (Å²) in [7, 11) is 1.58. The Balaban J connectivity index is 1.43. The summed E-state index contributed by atoms with van der Waals surface area (Å²) in [5, 5.41) is 17.0. The van der Waals surface area contributed by atoms with E-state index in [-0.39, 0.29) is 30.7 Å². The molecule has 4 unspecified atom stereocenters. The molecule has 0 heterocycles. The Kier molecular flexibility index (Phi) is 5.84. The fourth-order valence-electron chi connectivity index (χ4n) is 3.55. The Morgan fingerprint density at radius 1 is 1.28 bits per heavy atom. The molecule has 0 aliphatic heterocycles. The molecule has 2 fully saturated rings. The Morgan fingerprint density at radius 2 is 1.96 bits per heavy atom. The zero-order valence-corrected chi connectivity index (χ0v) is 15.2. The van der Waals surface area contributed by atoms with E-state index in [1.807, 2.05) is 6.92 Å². The smallest absolute Gasteiger partial charge is 0.258 e. The van der Waals surface area contributed by atoms with Gasteiger partial charge in [-0.3, -0.25) is 10.1 Å². The summed E-state index contributed by atoms with van der Waals surface area (Å²) in [6.07, 6.45) is 0.933. The summed E-state index contributed by atoms with van der Waals surface area (Å²) in [5.74, 6) is 1.49. The summed E-state index contributed by atoms with van der Waals surface area (Å²) in [6, 6.07) is 7.27. The number of carbonyl (C=O) groups is 1. The summed E-state index contributed by atoms with van der Waals surface area (Å²) in [4.78, 5) is 12.1. The average Bonchev–Trinajstić information content (AvgIpc) is 3.33. The van der Waals surface area contributed by atoms with Crippen molar-refractivity contribution in [3.63, 3.8) is 0 Å². The van der Waals surface area contributed by atoms with E-state index in [0.717, 1.165) is 12.8 Å². The number of hydrogen-bond donors (Lipinski definition) is 3. The van der Waals surface area contributed by atoms with E-state index in [1.54, 1.807) is 31.4 Å². The van der Waals surface area contributed by atoms with Gasteiger partial charge in [0.1, 0.15) is 12.0 Å². The Morgan fingerprint density at radius 3 is 2.64 bits per heavy atom. The van der Waals surface area contributed by atoms with Crippen LogP contribution in [-0.4, -0.2) is 49.1 Å². The van der Waals surface area contributed by atoms with E-state index in [2.05, 4.69) is 10.6 Å². The van der Waals surface area contributed by atoms with Gasteiger partial charge in [0.2, 0.25) is 0 Å². The molecule has 0 aromatic heterocycles. The Bertz CT molecular complexity index is 597. The summed E-state index contributed by atoms with van der Waals surface area (Å²) in [6.45, 7) is 1.81. The van der Waals surface area contributed by atoms with Crippen LogP contribution in [0.1, 0.15) is 19.8 Å². The van der Waals surface area contributed by atoms with Gasteiger partial charge in [-0.15, -0.1) is 0 Å². The van der Waals surface area contributed by atoms with Crippen molar-refractivity contribution in [1.82, 2.24) is 10.6 Å². The van der Waals surface area contributed by atoms with Crippen LogP contribution in [-0.2, 0) is 9.53 Å².